The van der Waals surface area contributed by atoms with Crippen LogP contribution in [0.1, 0.15) is 12.5 Å². The van der Waals surface area contributed by atoms with Crippen LogP contribution in [0.3, 0.4) is 0 Å². The number of carbonyl (C=O) groups excluding carboxylic acids is 1. The summed E-state index contributed by atoms with van der Waals surface area (Å²) in [5, 5.41) is 3.38. The molecule has 0 saturated carbocycles. The summed E-state index contributed by atoms with van der Waals surface area (Å²) in [6, 6.07) is 5.02. The van der Waals surface area contributed by atoms with E-state index in [0.29, 0.717) is 11.5 Å². The standard InChI is InChI=1S/C10H12N2O3/c1-7(13)15-9-4-3-8(6-12-11)5-10(9)14-2/h3-6H,11H2,1-2H3/b12-6-. The molecule has 0 heterocycles. The van der Waals surface area contributed by atoms with E-state index in [9.17, 15) is 4.79 Å². The molecular weight excluding hydrogens is 196 g/mol. The maximum atomic E-state index is 10.8. The number of methoxy groups -OCH3 is 1. The number of nitrogens with zero attached hydrogens (tertiary/aromatic N) is 1. The van der Waals surface area contributed by atoms with Crippen molar-refractivity contribution < 1.29 is 14.3 Å². The van der Waals surface area contributed by atoms with Crippen molar-refractivity contribution in [3.05, 3.63) is 23.8 Å². The van der Waals surface area contributed by atoms with E-state index in [0.717, 1.165) is 5.56 Å². The summed E-state index contributed by atoms with van der Waals surface area (Å²) in [6.45, 7) is 1.33. The molecular formula is C10H12N2O3. The molecule has 0 aliphatic heterocycles. The predicted octanol–water partition coefficient (Wildman–Crippen LogP) is 0.913. The van der Waals surface area contributed by atoms with Gasteiger partial charge in [0.25, 0.3) is 0 Å². The zero-order valence-electron chi connectivity index (χ0n) is 8.56. The lowest BCUT2D eigenvalue weighted by atomic mass is 10.2. The second-order valence-electron chi connectivity index (χ2n) is 2.78. The normalized spacial score (nSPS) is 10.3. The number of carbonyl (C=O) groups is 1. The van der Waals surface area contributed by atoms with Gasteiger partial charge in [-0.3, -0.25) is 4.79 Å². The van der Waals surface area contributed by atoms with E-state index >= 15 is 0 Å². The number of hydrogen-bond donors (Lipinski definition) is 1. The number of nitrogens with two attached hydrogens (primary N) is 1. The van der Waals surface area contributed by atoms with Gasteiger partial charge in [0.05, 0.1) is 13.3 Å². The number of benzene rings is 1. The fourth-order valence-corrected chi connectivity index (χ4v) is 1.09. The first-order chi connectivity index (χ1) is 7.17. The van der Waals surface area contributed by atoms with E-state index in [4.69, 9.17) is 15.3 Å². The van der Waals surface area contributed by atoms with Gasteiger partial charge < -0.3 is 15.3 Å². The Hall–Kier alpha value is -2.04. The molecule has 2 N–H and O–H groups in total. The van der Waals surface area contributed by atoms with Crippen LogP contribution < -0.4 is 15.3 Å². The van der Waals surface area contributed by atoms with Crippen LogP contribution in [0.2, 0.25) is 0 Å². The number of rotatable bonds is 3. The van der Waals surface area contributed by atoms with Gasteiger partial charge in [-0.05, 0) is 23.8 Å². The quantitative estimate of drug-likeness (QED) is 0.263. The zero-order chi connectivity index (χ0) is 11.3. The van der Waals surface area contributed by atoms with Gasteiger partial charge in [0.1, 0.15) is 0 Å². The van der Waals surface area contributed by atoms with Crippen molar-refractivity contribution in [1.82, 2.24) is 0 Å². The van der Waals surface area contributed by atoms with Crippen molar-refractivity contribution in [2.45, 2.75) is 6.92 Å². The van der Waals surface area contributed by atoms with Crippen LogP contribution in [0.4, 0.5) is 0 Å². The minimum Gasteiger partial charge on any atom is -0.493 e. The van der Waals surface area contributed by atoms with Crippen LogP contribution in [0.15, 0.2) is 23.3 Å². The van der Waals surface area contributed by atoms with Crippen molar-refractivity contribution in [3.8, 4) is 11.5 Å². The second-order valence-corrected chi connectivity index (χ2v) is 2.78. The zero-order valence-corrected chi connectivity index (χ0v) is 8.56. The summed E-state index contributed by atoms with van der Waals surface area (Å²) in [4.78, 5) is 10.8. The largest absolute Gasteiger partial charge is 0.493 e. The molecule has 0 saturated heterocycles. The maximum absolute atomic E-state index is 10.8. The summed E-state index contributed by atoms with van der Waals surface area (Å²) in [5.41, 5.74) is 0.769. The predicted molar refractivity (Wildman–Crippen MR) is 56.1 cm³/mol. The first-order valence-corrected chi connectivity index (χ1v) is 4.27. The molecule has 0 amide bonds. The number of hydrazone groups is 1. The molecule has 0 bridgehead atoms. The monoisotopic (exact) mass is 208 g/mol. The third-order valence-corrected chi connectivity index (χ3v) is 1.66. The summed E-state index contributed by atoms with van der Waals surface area (Å²) in [6.07, 6.45) is 1.47. The molecule has 0 aliphatic carbocycles. The molecule has 1 rings (SSSR count). The van der Waals surface area contributed by atoms with Gasteiger partial charge in [0.2, 0.25) is 0 Å². The van der Waals surface area contributed by atoms with Crippen LogP contribution in [0.5, 0.6) is 11.5 Å². The Morgan fingerprint density at radius 3 is 2.73 bits per heavy atom. The van der Waals surface area contributed by atoms with Crippen molar-refractivity contribution in [2.75, 3.05) is 7.11 Å². The average Bonchev–Trinajstić information content (AvgIpc) is 2.20. The van der Waals surface area contributed by atoms with Crippen LogP contribution in [0.25, 0.3) is 0 Å². The Bertz CT molecular complexity index is 388. The van der Waals surface area contributed by atoms with Crippen molar-refractivity contribution >= 4 is 12.2 Å². The Labute approximate surface area is 87.5 Å². The average molecular weight is 208 g/mol. The maximum Gasteiger partial charge on any atom is 0.308 e. The lowest BCUT2D eigenvalue weighted by molar-refractivity contribution is -0.132. The molecule has 0 unspecified atom stereocenters. The first-order valence-electron chi connectivity index (χ1n) is 4.27. The topological polar surface area (TPSA) is 73.9 Å². The van der Waals surface area contributed by atoms with Gasteiger partial charge in [-0.1, -0.05) is 0 Å². The number of ether oxygens (including phenoxy) is 2. The van der Waals surface area contributed by atoms with Crippen LogP contribution in [-0.2, 0) is 4.79 Å². The van der Waals surface area contributed by atoms with Gasteiger partial charge in [-0.25, -0.2) is 0 Å². The molecule has 1 aromatic rings. The SMILES string of the molecule is COc1cc(/C=N\N)ccc1OC(C)=O. The fourth-order valence-electron chi connectivity index (χ4n) is 1.09. The summed E-state index contributed by atoms with van der Waals surface area (Å²) >= 11 is 0. The highest BCUT2D eigenvalue weighted by molar-refractivity contribution is 5.81. The highest BCUT2D eigenvalue weighted by Crippen LogP contribution is 2.27. The van der Waals surface area contributed by atoms with E-state index in [1.54, 1.807) is 18.2 Å². The highest BCUT2D eigenvalue weighted by atomic mass is 16.6. The molecule has 1 aromatic carbocycles. The second kappa shape index (κ2) is 4.99. The molecule has 0 fully saturated rings. The van der Waals surface area contributed by atoms with Crippen LogP contribution in [0, 0.1) is 0 Å². The van der Waals surface area contributed by atoms with Crippen molar-refractivity contribution in [2.24, 2.45) is 10.9 Å². The molecule has 0 aromatic heterocycles. The molecule has 0 atom stereocenters. The Morgan fingerprint density at radius 1 is 1.47 bits per heavy atom. The summed E-state index contributed by atoms with van der Waals surface area (Å²) < 4.78 is 9.98. The van der Waals surface area contributed by atoms with Crippen LogP contribution >= 0.6 is 0 Å². The molecule has 0 radical (unpaired) electrons. The van der Waals surface area contributed by atoms with E-state index in [1.165, 1.54) is 20.2 Å². The highest BCUT2D eigenvalue weighted by Gasteiger charge is 2.06. The Balaban J connectivity index is 3.03. The third kappa shape index (κ3) is 2.98. The van der Waals surface area contributed by atoms with Gasteiger partial charge in [-0.15, -0.1) is 0 Å². The van der Waals surface area contributed by atoms with E-state index in [-0.39, 0.29) is 0 Å². The van der Waals surface area contributed by atoms with Crippen molar-refractivity contribution in [3.63, 3.8) is 0 Å². The van der Waals surface area contributed by atoms with Gasteiger partial charge in [0, 0.05) is 6.92 Å². The van der Waals surface area contributed by atoms with Crippen LogP contribution in [-0.4, -0.2) is 19.3 Å². The van der Waals surface area contributed by atoms with Gasteiger partial charge in [-0.2, -0.15) is 5.10 Å². The lowest BCUT2D eigenvalue weighted by Gasteiger charge is -2.07. The minimum absolute atomic E-state index is 0.374. The third-order valence-electron chi connectivity index (χ3n) is 1.66. The van der Waals surface area contributed by atoms with Gasteiger partial charge >= 0.3 is 5.97 Å². The fraction of sp³-hybridized carbons (Fsp3) is 0.200. The van der Waals surface area contributed by atoms with Gasteiger partial charge in [0.15, 0.2) is 11.5 Å². The molecule has 15 heavy (non-hydrogen) atoms. The first kappa shape index (κ1) is 11.0. The Morgan fingerprint density at radius 2 is 2.20 bits per heavy atom. The molecule has 0 spiro atoms. The number of esters is 1. The summed E-state index contributed by atoms with van der Waals surface area (Å²) in [5.74, 6) is 5.45. The molecule has 5 nitrogen and oxygen atoms in total. The molecule has 80 valence electrons. The van der Waals surface area contributed by atoms with E-state index in [2.05, 4.69) is 5.10 Å². The van der Waals surface area contributed by atoms with E-state index < -0.39 is 5.97 Å². The molecule has 0 aliphatic rings. The molecule has 5 heteroatoms. The van der Waals surface area contributed by atoms with E-state index in [1.807, 2.05) is 0 Å². The minimum atomic E-state index is -0.395. The smallest absolute Gasteiger partial charge is 0.308 e. The van der Waals surface area contributed by atoms with Crippen molar-refractivity contribution in [1.29, 1.82) is 0 Å². The summed E-state index contributed by atoms with van der Waals surface area (Å²) in [7, 11) is 1.49. The number of hydrogen-bond acceptors (Lipinski definition) is 5. The lowest BCUT2D eigenvalue weighted by Crippen LogP contribution is -2.03. The Kier molecular flexibility index (Phi) is 3.68.